The highest BCUT2D eigenvalue weighted by molar-refractivity contribution is 9.10. The van der Waals surface area contributed by atoms with E-state index < -0.39 is 0 Å². The Labute approximate surface area is 135 Å². The van der Waals surface area contributed by atoms with Gasteiger partial charge >= 0.3 is 0 Å². The molecule has 3 heteroatoms. The van der Waals surface area contributed by atoms with Gasteiger partial charge in [0, 0.05) is 11.0 Å². The van der Waals surface area contributed by atoms with Crippen LogP contribution in [0.5, 0.6) is 5.75 Å². The second-order valence-corrected chi connectivity index (χ2v) is 5.84. The third kappa shape index (κ3) is 4.87. The molecule has 0 radical (unpaired) electrons. The van der Waals surface area contributed by atoms with Gasteiger partial charge in [0.05, 0.1) is 0 Å². The van der Waals surface area contributed by atoms with Crippen molar-refractivity contribution in [1.29, 1.82) is 0 Å². The number of hydrogen-bond donors (Lipinski definition) is 0. The van der Waals surface area contributed by atoms with Gasteiger partial charge < -0.3 is 4.74 Å². The van der Waals surface area contributed by atoms with E-state index in [1.165, 1.54) is 11.1 Å². The van der Waals surface area contributed by atoms with Crippen molar-refractivity contribution < 1.29 is 4.74 Å². The van der Waals surface area contributed by atoms with Crippen molar-refractivity contribution in [3.05, 3.63) is 64.1 Å². The predicted octanol–water partition coefficient (Wildman–Crippen LogP) is 4.87. The van der Waals surface area contributed by atoms with Gasteiger partial charge in [0.1, 0.15) is 12.4 Å². The first-order valence-electron chi connectivity index (χ1n) is 7.40. The minimum absolute atomic E-state index is 0.600. The van der Waals surface area contributed by atoms with Crippen molar-refractivity contribution in [2.45, 2.75) is 27.0 Å². The van der Waals surface area contributed by atoms with Crippen molar-refractivity contribution in [3.8, 4) is 5.75 Å². The summed E-state index contributed by atoms with van der Waals surface area (Å²) in [5.74, 6) is 0.897. The maximum atomic E-state index is 5.84. The van der Waals surface area contributed by atoms with Gasteiger partial charge in [-0.3, -0.25) is 4.90 Å². The minimum Gasteiger partial charge on any atom is -0.489 e. The van der Waals surface area contributed by atoms with Crippen LogP contribution in [-0.2, 0) is 13.2 Å². The fourth-order valence-corrected chi connectivity index (χ4v) is 2.66. The molecule has 0 atom stereocenters. The number of ether oxygens (including phenoxy) is 1. The van der Waals surface area contributed by atoms with E-state index >= 15 is 0 Å². The average Bonchev–Trinajstić information content (AvgIpc) is 2.53. The number of rotatable bonds is 7. The standard InChI is InChI=1S/C18H22BrNO/c1-3-20(4-2)13-16-10-11-17(12-18(16)19)21-14-15-8-6-5-7-9-15/h5-12H,3-4,13-14H2,1-2H3. The Balaban J connectivity index is 1.98. The molecule has 0 heterocycles. The molecule has 0 aliphatic heterocycles. The van der Waals surface area contributed by atoms with Crippen molar-refractivity contribution in [3.63, 3.8) is 0 Å². The van der Waals surface area contributed by atoms with Gasteiger partial charge in [0.15, 0.2) is 0 Å². The zero-order chi connectivity index (χ0) is 15.1. The van der Waals surface area contributed by atoms with Crippen LogP contribution in [0.2, 0.25) is 0 Å². The zero-order valence-corrected chi connectivity index (χ0v) is 14.3. The first-order chi connectivity index (χ1) is 10.2. The lowest BCUT2D eigenvalue weighted by molar-refractivity contribution is 0.293. The minimum atomic E-state index is 0.600. The third-order valence-corrected chi connectivity index (χ3v) is 4.30. The Bertz CT molecular complexity index is 552. The normalized spacial score (nSPS) is 10.9. The highest BCUT2D eigenvalue weighted by Gasteiger charge is 2.06. The summed E-state index contributed by atoms with van der Waals surface area (Å²) in [6.45, 7) is 8.07. The lowest BCUT2D eigenvalue weighted by Crippen LogP contribution is -2.22. The Morgan fingerprint density at radius 1 is 1.00 bits per heavy atom. The monoisotopic (exact) mass is 347 g/mol. The molecule has 2 aromatic carbocycles. The molecule has 0 unspecified atom stereocenters. The van der Waals surface area contributed by atoms with Crippen LogP contribution in [-0.4, -0.2) is 18.0 Å². The summed E-state index contributed by atoms with van der Waals surface area (Å²) in [7, 11) is 0. The van der Waals surface area contributed by atoms with Crippen molar-refractivity contribution in [1.82, 2.24) is 4.90 Å². The second-order valence-electron chi connectivity index (χ2n) is 4.99. The summed E-state index contributed by atoms with van der Waals surface area (Å²) in [6.07, 6.45) is 0. The van der Waals surface area contributed by atoms with E-state index in [1.807, 2.05) is 24.3 Å². The lowest BCUT2D eigenvalue weighted by Gasteiger charge is -2.19. The maximum absolute atomic E-state index is 5.84. The Morgan fingerprint density at radius 3 is 2.33 bits per heavy atom. The largest absolute Gasteiger partial charge is 0.489 e. The van der Waals surface area contributed by atoms with Crippen LogP contribution >= 0.6 is 15.9 Å². The molecule has 0 bridgehead atoms. The van der Waals surface area contributed by atoms with Gasteiger partial charge in [-0.1, -0.05) is 66.2 Å². The summed E-state index contributed by atoms with van der Waals surface area (Å²) in [5, 5.41) is 0. The van der Waals surface area contributed by atoms with Crippen LogP contribution in [0.3, 0.4) is 0 Å². The molecule has 0 saturated carbocycles. The first kappa shape index (κ1) is 16.1. The van der Waals surface area contributed by atoms with E-state index in [-0.39, 0.29) is 0 Å². The topological polar surface area (TPSA) is 12.5 Å². The molecule has 2 aromatic rings. The summed E-state index contributed by atoms with van der Waals surface area (Å²) in [5.41, 5.74) is 2.48. The number of halogens is 1. The van der Waals surface area contributed by atoms with Crippen LogP contribution in [0.4, 0.5) is 0 Å². The van der Waals surface area contributed by atoms with Crippen LogP contribution < -0.4 is 4.74 Å². The molecule has 0 fully saturated rings. The predicted molar refractivity (Wildman–Crippen MR) is 91.5 cm³/mol. The molecule has 0 aliphatic carbocycles. The van der Waals surface area contributed by atoms with Crippen molar-refractivity contribution in [2.75, 3.05) is 13.1 Å². The van der Waals surface area contributed by atoms with Gasteiger partial charge in [0.2, 0.25) is 0 Å². The molecule has 0 spiro atoms. The summed E-state index contributed by atoms with van der Waals surface area (Å²) in [6, 6.07) is 16.5. The van der Waals surface area contributed by atoms with E-state index in [0.29, 0.717) is 6.61 Å². The van der Waals surface area contributed by atoms with Crippen LogP contribution in [0, 0.1) is 0 Å². The summed E-state index contributed by atoms with van der Waals surface area (Å²) in [4.78, 5) is 2.39. The Morgan fingerprint density at radius 2 is 1.71 bits per heavy atom. The molecule has 112 valence electrons. The third-order valence-electron chi connectivity index (χ3n) is 3.56. The lowest BCUT2D eigenvalue weighted by atomic mass is 10.2. The number of hydrogen-bond acceptors (Lipinski definition) is 2. The molecule has 21 heavy (non-hydrogen) atoms. The second kappa shape index (κ2) is 8.20. The van der Waals surface area contributed by atoms with E-state index in [4.69, 9.17) is 4.74 Å². The van der Waals surface area contributed by atoms with Gasteiger partial charge in [-0.2, -0.15) is 0 Å². The van der Waals surface area contributed by atoms with Gasteiger partial charge in [0.25, 0.3) is 0 Å². The molecule has 2 nitrogen and oxygen atoms in total. The quantitative estimate of drug-likeness (QED) is 0.708. The van der Waals surface area contributed by atoms with Crippen LogP contribution in [0.25, 0.3) is 0 Å². The van der Waals surface area contributed by atoms with Crippen LogP contribution in [0.1, 0.15) is 25.0 Å². The van der Waals surface area contributed by atoms with E-state index in [1.54, 1.807) is 0 Å². The summed E-state index contributed by atoms with van der Waals surface area (Å²) < 4.78 is 6.95. The fourth-order valence-electron chi connectivity index (χ4n) is 2.18. The smallest absolute Gasteiger partial charge is 0.120 e. The maximum Gasteiger partial charge on any atom is 0.120 e. The highest BCUT2D eigenvalue weighted by atomic mass is 79.9. The van der Waals surface area contributed by atoms with Gasteiger partial charge in [-0.05, 0) is 36.3 Å². The fraction of sp³-hybridized carbons (Fsp3) is 0.333. The van der Waals surface area contributed by atoms with E-state index in [9.17, 15) is 0 Å². The average molecular weight is 348 g/mol. The molecular weight excluding hydrogens is 326 g/mol. The molecular formula is C18H22BrNO. The van der Waals surface area contributed by atoms with Crippen molar-refractivity contribution >= 4 is 15.9 Å². The molecule has 0 amide bonds. The van der Waals surface area contributed by atoms with Crippen molar-refractivity contribution in [2.24, 2.45) is 0 Å². The first-order valence-corrected chi connectivity index (χ1v) is 8.19. The SMILES string of the molecule is CCN(CC)Cc1ccc(OCc2ccccc2)cc1Br. The van der Waals surface area contributed by atoms with E-state index in [2.05, 4.69) is 58.9 Å². The summed E-state index contributed by atoms with van der Waals surface area (Å²) >= 11 is 3.65. The highest BCUT2D eigenvalue weighted by Crippen LogP contribution is 2.25. The number of nitrogens with zero attached hydrogens (tertiary/aromatic N) is 1. The molecule has 0 aromatic heterocycles. The molecule has 0 saturated heterocycles. The van der Waals surface area contributed by atoms with Gasteiger partial charge in [-0.15, -0.1) is 0 Å². The Kier molecular flexibility index (Phi) is 6.27. The van der Waals surface area contributed by atoms with Gasteiger partial charge in [-0.25, -0.2) is 0 Å². The molecule has 0 aliphatic rings. The number of benzene rings is 2. The van der Waals surface area contributed by atoms with Crippen LogP contribution in [0.15, 0.2) is 53.0 Å². The molecule has 0 N–H and O–H groups in total. The molecule has 2 rings (SSSR count). The Hall–Kier alpha value is -1.32. The van der Waals surface area contributed by atoms with E-state index in [0.717, 1.165) is 29.9 Å². The zero-order valence-electron chi connectivity index (χ0n) is 12.7.